The zero-order valence-corrected chi connectivity index (χ0v) is 4.74. The highest BCUT2D eigenvalue weighted by atomic mass is 32.1. The first kappa shape index (κ1) is 7.62. The van der Waals surface area contributed by atoms with Crippen molar-refractivity contribution in [1.29, 1.82) is 0 Å². The summed E-state index contributed by atoms with van der Waals surface area (Å²) in [7, 11) is 0. The predicted molar refractivity (Wildman–Crippen MR) is 29.1 cm³/mol. The summed E-state index contributed by atoms with van der Waals surface area (Å²) < 4.78 is 22.4. The van der Waals surface area contributed by atoms with Gasteiger partial charge in [0.15, 0.2) is 6.29 Å². The van der Waals surface area contributed by atoms with Gasteiger partial charge in [0, 0.05) is 4.91 Å². The molecule has 0 aromatic rings. The quantitative estimate of drug-likeness (QED) is 0.345. The van der Waals surface area contributed by atoms with Crippen molar-refractivity contribution in [2.24, 2.45) is 0 Å². The van der Waals surface area contributed by atoms with E-state index in [1.54, 1.807) is 0 Å². The van der Waals surface area contributed by atoms with Crippen molar-refractivity contribution in [3.63, 3.8) is 0 Å². The molecule has 0 saturated carbocycles. The van der Waals surface area contributed by atoms with Crippen molar-refractivity contribution in [2.75, 3.05) is 0 Å². The van der Waals surface area contributed by atoms with Gasteiger partial charge in [0.1, 0.15) is 0 Å². The summed E-state index contributed by atoms with van der Waals surface area (Å²) >= 11 is 3.38. The van der Waals surface area contributed by atoms with Gasteiger partial charge in [0.2, 0.25) is 0 Å². The van der Waals surface area contributed by atoms with Gasteiger partial charge in [-0.3, -0.25) is 4.79 Å². The molecule has 0 radical (unpaired) electrons. The molecular formula is C4H4F2OS. The van der Waals surface area contributed by atoms with E-state index in [1.807, 2.05) is 0 Å². The van der Waals surface area contributed by atoms with Crippen molar-refractivity contribution in [2.45, 2.75) is 6.43 Å². The number of alkyl halides is 2. The molecule has 4 heteroatoms. The fraction of sp³-hybridized carbons (Fsp3) is 0.250. The Morgan fingerprint density at radius 3 is 2.25 bits per heavy atom. The highest BCUT2D eigenvalue weighted by Gasteiger charge is 1.95. The Balaban J connectivity index is 3.74. The molecule has 0 unspecified atom stereocenters. The maximum atomic E-state index is 11.2. The Morgan fingerprint density at radius 1 is 1.62 bits per heavy atom. The highest BCUT2D eigenvalue weighted by Crippen LogP contribution is 2.01. The second-order valence-corrected chi connectivity index (χ2v) is 1.56. The molecular weight excluding hydrogens is 134 g/mol. The van der Waals surface area contributed by atoms with Crippen molar-refractivity contribution >= 4 is 18.9 Å². The number of carbonyl (C=O) groups excluding carboxylic acids is 1. The van der Waals surface area contributed by atoms with Gasteiger partial charge in [0.05, 0.1) is 0 Å². The van der Waals surface area contributed by atoms with Crippen LogP contribution >= 0.6 is 12.6 Å². The summed E-state index contributed by atoms with van der Waals surface area (Å²) in [5, 5.41) is 0. The number of thiol groups is 1. The van der Waals surface area contributed by atoms with Gasteiger partial charge in [-0.25, -0.2) is 8.78 Å². The molecule has 0 aromatic heterocycles. The molecule has 0 aromatic carbocycles. The molecule has 0 aliphatic rings. The molecule has 0 heterocycles. The minimum Gasteiger partial charge on any atom is -0.297 e. The third-order valence-electron chi connectivity index (χ3n) is 0.417. The fourth-order valence-electron chi connectivity index (χ4n) is 0.168. The van der Waals surface area contributed by atoms with E-state index in [0.29, 0.717) is 6.08 Å². The second kappa shape index (κ2) is 3.60. The van der Waals surface area contributed by atoms with E-state index in [2.05, 4.69) is 12.6 Å². The molecule has 0 bridgehead atoms. The van der Waals surface area contributed by atoms with Crippen LogP contribution in [0.25, 0.3) is 0 Å². The predicted octanol–water partition coefficient (Wildman–Crippen LogP) is 1.26. The number of hydrogen-bond donors (Lipinski definition) is 1. The lowest BCUT2D eigenvalue weighted by Crippen LogP contribution is -1.83. The number of aldehydes is 1. The van der Waals surface area contributed by atoms with Gasteiger partial charge in [0.25, 0.3) is 6.43 Å². The van der Waals surface area contributed by atoms with Crippen LogP contribution in [0.2, 0.25) is 0 Å². The van der Waals surface area contributed by atoms with Gasteiger partial charge in [-0.15, -0.1) is 12.6 Å². The van der Waals surface area contributed by atoms with E-state index < -0.39 is 6.43 Å². The Bertz CT molecular complexity index is 111. The average Bonchev–Trinajstić information content (AvgIpc) is 1.65. The summed E-state index contributed by atoms with van der Waals surface area (Å²) in [6, 6.07) is 0. The van der Waals surface area contributed by atoms with Crippen LogP contribution in [-0.4, -0.2) is 12.7 Å². The molecule has 0 aliphatic heterocycles. The first-order valence-corrected chi connectivity index (χ1v) is 2.25. The molecule has 8 heavy (non-hydrogen) atoms. The van der Waals surface area contributed by atoms with Gasteiger partial charge >= 0.3 is 0 Å². The van der Waals surface area contributed by atoms with Crippen molar-refractivity contribution in [3.8, 4) is 0 Å². The van der Waals surface area contributed by atoms with Gasteiger partial charge in [-0.05, 0) is 6.08 Å². The molecule has 46 valence electrons. The molecule has 0 saturated heterocycles. The van der Waals surface area contributed by atoms with Crippen LogP contribution in [0.5, 0.6) is 0 Å². The van der Waals surface area contributed by atoms with E-state index in [0.717, 1.165) is 0 Å². The maximum Gasteiger partial charge on any atom is 0.258 e. The minimum atomic E-state index is -2.59. The molecule has 0 aliphatic carbocycles. The smallest absolute Gasteiger partial charge is 0.258 e. The Morgan fingerprint density at radius 2 is 2.12 bits per heavy atom. The summed E-state index contributed by atoms with van der Waals surface area (Å²) in [6.45, 7) is 0. The summed E-state index contributed by atoms with van der Waals surface area (Å²) in [4.78, 5) is 9.33. The fourth-order valence-corrected chi connectivity index (χ4v) is 0.281. The first-order chi connectivity index (χ1) is 3.66. The third kappa shape index (κ3) is 3.80. The first-order valence-electron chi connectivity index (χ1n) is 1.81. The maximum absolute atomic E-state index is 11.2. The molecule has 0 amide bonds. The van der Waals surface area contributed by atoms with Crippen molar-refractivity contribution < 1.29 is 13.6 Å². The van der Waals surface area contributed by atoms with Crippen LogP contribution in [0.15, 0.2) is 11.0 Å². The van der Waals surface area contributed by atoms with E-state index in [1.165, 1.54) is 0 Å². The lowest BCUT2D eigenvalue weighted by molar-refractivity contribution is -0.104. The molecule has 0 N–H and O–H groups in total. The topological polar surface area (TPSA) is 17.1 Å². The Labute approximate surface area is 50.8 Å². The molecule has 0 spiro atoms. The van der Waals surface area contributed by atoms with Gasteiger partial charge < -0.3 is 0 Å². The normalized spacial score (nSPS) is 12.2. The minimum absolute atomic E-state index is 0.236. The van der Waals surface area contributed by atoms with Crippen LogP contribution in [0.1, 0.15) is 0 Å². The molecule has 0 atom stereocenters. The van der Waals surface area contributed by atoms with Crippen molar-refractivity contribution in [3.05, 3.63) is 11.0 Å². The largest absolute Gasteiger partial charge is 0.297 e. The standard InChI is InChI=1S/C4H4F2OS/c5-4(6)1-3(8)2-7/h1-2,4,8H/b3-1+. The Hall–Kier alpha value is -0.380. The second-order valence-electron chi connectivity index (χ2n) is 1.04. The van der Waals surface area contributed by atoms with Gasteiger partial charge in [-0.2, -0.15) is 0 Å². The summed E-state index contributed by atoms with van der Waals surface area (Å²) in [6.07, 6.45) is -1.86. The number of rotatable bonds is 2. The summed E-state index contributed by atoms with van der Waals surface area (Å²) in [5.74, 6) is 0. The van der Waals surface area contributed by atoms with Crippen LogP contribution in [0.4, 0.5) is 8.78 Å². The average molecular weight is 138 g/mol. The number of hydrogen-bond acceptors (Lipinski definition) is 2. The van der Waals surface area contributed by atoms with E-state index in [-0.39, 0.29) is 11.2 Å². The summed E-state index contributed by atoms with van der Waals surface area (Å²) in [5.41, 5.74) is 0. The Kier molecular flexibility index (Phi) is 3.43. The molecule has 1 nitrogen and oxygen atoms in total. The lowest BCUT2D eigenvalue weighted by Gasteiger charge is -1.84. The zero-order valence-electron chi connectivity index (χ0n) is 3.84. The molecule has 0 fully saturated rings. The lowest BCUT2D eigenvalue weighted by atomic mass is 10.5. The SMILES string of the molecule is O=C/C(S)=C\C(F)F. The van der Waals surface area contributed by atoms with Crippen LogP contribution < -0.4 is 0 Å². The highest BCUT2D eigenvalue weighted by molar-refractivity contribution is 7.85. The van der Waals surface area contributed by atoms with Crippen LogP contribution in [0, 0.1) is 0 Å². The van der Waals surface area contributed by atoms with E-state index in [9.17, 15) is 13.6 Å². The molecule has 0 rings (SSSR count). The van der Waals surface area contributed by atoms with Crippen LogP contribution in [0.3, 0.4) is 0 Å². The number of carbonyl (C=O) groups is 1. The van der Waals surface area contributed by atoms with Crippen molar-refractivity contribution in [1.82, 2.24) is 0 Å². The third-order valence-corrected chi connectivity index (χ3v) is 0.672. The number of halogens is 2. The zero-order chi connectivity index (χ0) is 6.57. The van der Waals surface area contributed by atoms with E-state index in [4.69, 9.17) is 0 Å². The van der Waals surface area contributed by atoms with Gasteiger partial charge in [-0.1, -0.05) is 0 Å². The van der Waals surface area contributed by atoms with Crippen LogP contribution in [-0.2, 0) is 4.79 Å². The number of allylic oxidation sites excluding steroid dienone is 2. The monoisotopic (exact) mass is 138 g/mol. The van der Waals surface area contributed by atoms with E-state index >= 15 is 0 Å².